The van der Waals surface area contributed by atoms with E-state index in [0.29, 0.717) is 19.3 Å². The molecule has 0 heterocycles. The van der Waals surface area contributed by atoms with Crippen LogP contribution in [0.25, 0.3) is 0 Å². The summed E-state index contributed by atoms with van der Waals surface area (Å²) in [5.41, 5.74) is 0. The Morgan fingerprint density at radius 2 is 0.982 bits per heavy atom. The van der Waals surface area contributed by atoms with Crippen LogP contribution in [0.3, 0.4) is 0 Å². The number of hydrogen-bond acceptors (Lipinski definition) is 5. The van der Waals surface area contributed by atoms with Crippen LogP contribution in [-0.4, -0.2) is 46.9 Å². The molecule has 1 amide bonds. The van der Waals surface area contributed by atoms with Gasteiger partial charge in [-0.2, -0.15) is 0 Å². The van der Waals surface area contributed by atoms with E-state index in [1.807, 2.05) is 0 Å². The molecule has 3 atom stereocenters. The van der Waals surface area contributed by atoms with E-state index in [2.05, 4.69) is 74.7 Å². The first-order valence-electron chi connectivity index (χ1n) is 23.9. The first-order valence-corrected chi connectivity index (χ1v) is 23.9. The van der Waals surface area contributed by atoms with Crippen LogP contribution in [0.4, 0.5) is 0 Å². The van der Waals surface area contributed by atoms with Crippen molar-refractivity contribution in [2.75, 3.05) is 6.61 Å². The van der Waals surface area contributed by atoms with Crippen molar-refractivity contribution in [2.24, 2.45) is 0 Å². The number of allylic oxidation sites excluding steroid dienone is 8. The Morgan fingerprint density at radius 3 is 1.50 bits per heavy atom. The van der Waals surface area contributed by atoms with Crippen molar-refractivity contribution in [1.29, 1.82) is 0 Å². The maximum absolute atomic E-state index is 13.1. The molecule has 0 bridgehead atoms. The maximum atomic E-state index is 13.1. The average molecular weight is 786 g/mol. The van der Waals surface area contributed by atoms with Gasteiger partial charge in [0.15, 0.2) is 0 Å². The smallest absolute Gasteiger partial charge is 0.306 e. The number of ether oxygens (including phenoxy) is 1. The van der Waals surface area contributed by atoms with Crippen LogP contribution in [0.5, 0.6) is 0 Å². The highest BCUT2D eigenvalue weighted by molar-refractivity contribution is 5.77. The van der Waals surface area contributed by atoms with Gasteiger partial charge in [-0.1, -0.05) is 198 Å². The third kappa shape index (κ3) is 38.7. The number of carbonyl (C=O) groups is 2. The van der Waals surface area contributed by atoms with Crippen molar-refractivity contribution in [2.45, 2.75) is 251 Å². The standard InChI is InChI=1S/C50H91NO5/c1-4-7-10-13-16-19-22-24-27-29-32-35-38-41-46(56-50(55)43-40-37-34-31-28-25-23-20-17-14-11-8-5-2)44-49(54)51-47(45-52)48(53)42-39-36-33-30-26-21-18-15-12-9-6-3/h7,10,13,16,19,22,25,28,46-48,52-53H,4-6,8-9,11-12,14-15,17-18,20-21,23-24,26-27,29-45H2,1-3H3,(H,51,54)/b10-7+,16-13+,22-19+,28-25-. The van der Waals surface area contributed by atoms with Gasteiger partial charge in [-0.15, -0.1) is 0 Å². The summed E-state index contributed by atoms with van der Waals surface area (Å²) in [7, 11) is 0. The number of hydrogen-bond donors (Lipinski definition) is 3. The second-order valence-electron chi connectivity index (χ2n) is 16.2. The molecule has 0 saturated heterocycles. The molecular weight excluding hydrogens is 695 g/mol. The van der Waals surface area contributed by atoms with E-state index in [9.17, 15) is 19.8 Å². The third-order valence-electron chi connectivity index (χ3n) is 10.7. The number of rotatable bonds is 42. The highest BCUT2D eigenvalue weighted by Crippen LogP contribution is 2.17. The fourth-order valence-corrected chi connectivity index (χ4v) is 7.07. The summed E-state index contributed by atoms with van der Waals surface area (Å²) in [5, 5.41) is 23.7. The molecule has 0 aliphatic heterocycles. The zero-order valence-corrected chi connectivity index (χ0v) is 37.0. The maximum Gasteiger partial charge on any atom is 0.306 e. The van der Waals surface area contributed by atoms with Crippen LogP contribution in [0.2, 0.25) is 0 Å². The number of nitrogens with one attached hydrogen (secondary N) is 1. The minimum Gasteiger partial charge on any atom is -0.462 e. The van der Waals surface area contributed by atoms with Crippen molar-refractivity contribution in [3.05, 3.63) is 48.6 Å². The molecule has 6 heteroatoms. The fraction of sp³-hybridized carbons (Fsp3) is 0.800. The molecule has 0 aliphatic rings. The molecule has 0 radical (unpaired) electrons. The van der Waals surface area contributed by atoms with Gasteiger partial charge in [-0.25, -0.2) is 0 Å². The van der Waals surface area contributed by atoms with Crippen molar-refractivity contribution in [1.82, 2.24) is 5.32 Å². The summed E-state index contributed by atoms with van der Waals surface area (Å²) in [6.45, 7) is 6.32. The van der Waals surface area contributed by atoms with E-state index in [-0.39, 0.29) is 24.9 Å². The number of aliphatic hydroxyl groups excluding tert-OH is 2. The molecular formula is C50H91NO5. The van der Waals surface area contributed by atoms with Crippen molar-refractivity contribution in [3.8, 4) is 0 Å². The lowest BCUT2D eigenvalue weighted by atomic mass is 10.0. The van der Waals surface area contributed by atoms with E-state index in [1.54, 1.807) is 0 Å². The molecule has 0 aromatic heterocycles. The van der Waals surface area contributed by atoms with Gasteiger partial charge < -0.3 is 20.3 Å². The van der Waals surface area contributed by atoms with Crippen LogP contribution in [0.1, 0.15) is 233 Å². The summed E-state index contributed by atoms with van der Waals surface area (Å²) in [5.74, 6) is -0.513. The van der Waals surface area contributed by atoms with Gasteiger partial charge in [0, 0.05) is 6.42 Å². The summed E-state index contributed by atoms with van der Waals surface area (Å²) >= 11 is 0. The van der Waals surface area contributed by atoms with E-state index in [0.717, 1.165) is 96.3 Å². The Bertz CT molecular complexity index is 972. The molecule has 6 nitrogen and oxygen atoms in total. The molecule has 3 N–H and O–H groups in total. The van der Waals surface area contributed by atoms with Gasteiger partial charge in [-0.3, -0.25) is 9.59 Å². The Kier molecular flexibility index (Phi) is 42.2. The number of esters is 1. The predicted molar refractivity (Wildman–Crippen MR) is 241 cm³/mol. The summed E-state index contributed by atoms with van der Waals surface area (Å²) in [6, 6.07) is -0.709. The third-order valence-corrected chi connectivity index (χ3v) is 10.7. The van der Waals surface area contributed by atoms with E-state index in [4.69, 9.17) is 4.74 Å². The Balaban J connectivity index is 4.65. The van der Waals surface area contributed by atoms with Crippen molar-refractivity contribution >= 4 is 11.9 Å². The summed E-state index contributed by atoms with van der Waals surface area (Å²) < 4.78 is 5.90. The fourth-order valence-electron chi connectivity index (χ4n) is 7.07. The molecule has 0 rings (SSSR count). The van der Waals surface area contributed by atoms with E-state index >= 15 is 0 Å². The number of unbranched alkanes of at least 4 members (excludes halogenated alkanes) is 24. The highest BCUT2D eigenvalue weighted by Gasteiger charge is 2.24. The zero-order valence-electron chi connectivity index (χ0n) is 37.0. The van der Waals surface area contributed by atoms with Gasteiger partial charge in [0.05, 0.1) is 25.2 Å². The Morgan fingerprint density at radius 1 is 0.536 bits per heavy atom. The molecule has 0 aliphatic carbocycles. The molecule has 0 fully saturated rings. The topological polar surface area (TPSA) is 95.9 Å². The summed E-state index contributed by atoms with van der Waals surface area (Å²) in [4.78, 5) is 26.0. The quantitative estimate of drug-likeness (QED) is 0.0248. The lowest BCUT2D eigenvalue weighted by Crippen LogP contribution is -2.46. The SMILES string of the molecule is CC/C=C/C=C/C=C/CCCCCCCC(CC(=O)NC(CO)C(O)CCCCCCCCCCCCC)OC(=O)CCCCC/C=C\CCCCCCCC. The lowest BCUT2D eigenvalue weighted by Gasteiger charge is -2.24. The second-order valence-corrected chi connectivity index (χ2v) is 16.2. The van der Waals surface area contributed by atoms with Gasteiger partial charge >= 0.3 is 5.97 Å². The highest BCUT2D eigenvalue weighted by atomic mass is 16.5. The normalized spacial score (nSPS) is 13.7. The molecule has 0 aromatic rings. The molecule has 3 unspecified atom stereocenters. The van der Waals surface area contributed by atoms with E-state index in [1.165, 1.54) is 89.9 Å². The second kappa shape index (κ2) is 43.9. The number of aliphatic hydroxyl groups is 2. The minimum atomic E-state index is -0.794. The first kappa shape index (κ1) is 53.8. The van der Waals surface area contributed by atoms with Gasteiger partial charge in [0.1, 0.15) is 6.10 Å². The average Bonchev–Trinajstić information content (AvgIpc) is 3.19. The lowest BCUT2D eigenvalue weighted by molar-refractivity contribution is -0.151. The Hall–Kier alpha value is -2.18. The summed E-state index contributed by atoms with van der Waals surface area (Å²) in [6.07, 6.45) is 51.7. The molecule has 0 aromatic carbocycles. The van der Waals surface area contributed by atoms with Crippen LogP contribution in [0.15, 0.2) is 48.6 Å². The number of amides is 1. The Labute approximate surface area is 346 Å². The molecule has 0 spiro atoms. The van der Waals surface area contributed by atoms with Crippen molar-refractivity contribution in [3.63, 3.8) is 0 Å². The predicted octanol–water partition coefficient (Wildman–Crippen LogP) is 13.9. The van der Waals surface area contributed by atoms with Crippen LogP contribution >= 0.6 is 0 Å². The molecule has 0 saturated carbocycles. The molecule has 56 heavy (non-hydrogen) atoms. The van der Waals surface area contributed by atoms with Crippen molar-refractivity contribution < 1.29 is 24.5 Å². The van der Waals surface area contributed by atoms with Crippen LogP contribution in [-0.2, 0) is 14.3 Å². The van der Waals surface area contributed by atoms with Gasteiger partial charge in [-0.05, 0) is 70.6 Å². The first-order chi connectivity index (χ1) is 27.5. The van der Waals surface area contributed by atoms with E-state index < -0.39 is 18.2 Å². The molecule has 326 valence electrons. The number of carbonyl (C=O) groups excluding carboxylic acids is 2. The van der Waals surface area contributed by atoms with Gasteiger partial charge in [0.2, 0.25) is 5.91 Å². The van der Waals surface area contributed by atoms with Gasteiger partial charge in [0.25, 0.3) is 0 Å². The van der Waals surface area contributed by atoms with Crippen LogP contribution < -0.4 is 5.32 Å². The van der Waals surface area contributed by atoms with Crippen LogP contribution in [0, 0.1) is 0 Å². The zero-order chi connectivity index (χ0) is 41.0. The minimum absolute atomic E-state index is 0.0581. The monoisotopic (exact) mass is 786 g/mol. The largest absolute Gasteiger partial charge is 0.462 e.